The lowest BCUT2D eigenvalue weighted by Gasteiger charge is -1.94. The van der Waals surface area contributed by atoms with Gasteiger partial charge in [0.05, 0.1) is 6.73 Å². The Hall–Kier alpha value is 0.165. The third-order valence-electron chi connectivity index (χ3n) is 1.12. The normalized spacial score (nSPS) is 10.0. The van der Waals surface area contributed by atoms with Crippen LogP contribution in [-0.4, -0.2) is 14.2 Å². The lowest BCUT2D eigenvalue weighted by molar-refractivity contribution is 0.348. The Morgan fingerprint density at radius 2 is 2.55 bits per heavy atom. The van der Waals surface area contributed by atoms with Crippen molar-refractivity contribution < 1.29 is 4.65 Å². The molecule has 1 rings (SSSR count). The van der Waals surface area contributed by atoms with E-state index in [0.717, 1.165) is 10.8 Å². The second-order valence-electron chi connectivity index (χ2n) is 1.94. The van der Waals surface area contributed by atoms with Crippen LogP contribution < -0.4 is 5.73 Å². The molecule has 1 aromatic heterocycles. The van der Waals surface area contributed by atoms with E-state index in [1.807, 2.05) is 5.38 Å². The lowest BCUT2D eigenvalue weighted by atomic mass is 9.95. The molecule has 0 aliphatic carbocycles. The van der Waals surface area contributed by atoms with E-state index in [1.54, 1.807) is 18.8 Å². The van der Waals surface area contributed by atoms with Crippen molar-refractivity contribution in [3.63, 3.8) is 0 Å². The van der Waals surface area contributed by atoms with E-state index in [9.17, 15) is 0 Å². The number of thiophene rings is 1. The van der Waals surface area contributed by atoms with Gasteiger partial charge in [0.15, 0.2) is 0 Å². The SMILES string of the molecule is NCO[B]Cc1cc(Br)cs1. The highest BCUT2D eigenvalue weighted by Gasteiger charge is 1.98. The van der Waals surface area contributed by atoms with Crippen LogP contribution >= 0.6 is 27.3 Å². The molecule has 0 aliphatic rings. The molecule has 11 heavy (non-hydrogen) atoms. The number of hydrogen-bond acceptors (Lipinski definition) is 3. The van der Waals surface area contributed by atoms with E-state index < -0.39 is 0 Å². The van der Waals surface area contributed by atoms with Gasteiger partial charge < -0.3 is 10.4 Å². The summed E-state index contributed by atoms with van der Waals surface area (Å²) in [6.07, 6.45) is 0.827. The Morgan fingerprint density at radius 1 is 1.73 bits per heavy atom. The molecule has 2 N–H and O–H groups in total. The zero-order valence-corrected chi connectivity index (χ0v) is 8.32. The Balaban J connectivity index is 2.27. The molecule has 0 spiro atoms. The molecule has 5 heteroatoms. The Kier molecular flexibility index (Phi) is 4.14. The molecular weight excluding hydrogens is 225 g/mol. The molecule has 0 saturated heterocycles. The topological polar surface area (TPSA) is 35.2 Å². The molecule has 2 nitrogen and oxygen atoms in total. The molecule has 0 atom stereocenters. The van der Waals surface area contributed by atoms with Gasteiger partial charge >= 0.3 is 0 Å². The van der Waals surface area contributed by atoms with E-state index in [1.165, 1.54) is 4.88 Å². The van der Waals surface area contributed by atoms with E-state index in [2.05, 4.69) is 22.0 Å². The second-order valence-corrected chi connectivity index (χ2v) is 3.85. The van der Waals surface area contributed by atoms with Crippen LogP contribution in [-0.2, 0) is 11.0 Å². The monoisotopic (exact) mass is 232 g/mol. The summed E-state index contributed by atoms with van der Waals surface area (Å²) in [7, 11) is 1.72. The lowest BCUT2D eigenvalue weighted by Crippen LogP contribution is -2.09. The molecular formula is C6H8BBrNOS. The number of hydrogen-bond donors (Lipinski definition) is 1. The van der Waals surface area contributed by atoms with Crippen molar-refractivity contribution in [2.75, 3.05) is 6.73 Å². The standard InChI is InChI=1S/C6H8BBrNOS/c8-5-1-6(11-3-5)2-7-10-4-9/h1,3H,2,4,9H2. The summed E-state index contributed by atoms with van der Waals surface area (Å²) < 4.78 is 6.01. The maximum Gasteiger partial charge on any atom is 0.299 e. The zero-order chi connectivity index (χ0) is 8.10. The van der Waals surface area contributed by atoms with E-state index >= 15 is 0 Å². The summed E-state index contributed by atoms with van der Waals surface area (Å²) in [5, 5.41) is 2.05. The first-order chi connectivity index (χ1) is 5.33. The predicted octanol–water partition coefficient (Wildman–Crippen LogP) is 1.56. The zero-order valence-electron chi connectivity index (χ0n) is 5.92. The first-order valence-corrected chi connectivity index (χ1v) is 4.86. The average Bonchev–Trinajstić information content (AvgIpc) is 2.37. The highest BCUT2D eigenvalue weighted by molar-refractivity contribution is 9.10. The molecule has 0 aliphatic heterocycles. The maximum atomic E-state index is 5.14. The van der Waals surface area contributed by atoms with Gasteiger partial charge in [-0.15, -0.1) is 11.3 Å². The molecule has 59 valence electrons. The van der Waals surface area contributed by atoms with Gasteiger partial charge in [0.25, 0.3) is 7.48 Å². The van der Waals surface area contributed by atoms with Crippen LogP contribution in [0.5, 0.6) is 0 Å². The summed E-state index contributed by atoms with van der Waals surface area (Å²) in [5.41, 5.74) is 5.14. The van der Waals surface area contributed by atoms with Crippen LogP contribution in [0.25, 0.3) is 0 Å². The van der Waals surface area contributed by atoms with Crippen molar-refractivity contribution in [3.05, 3.63) is 20.8 Å². The molecule has 0 saturated carbocycles. The highest BCUT2D eigenvalue weighted by Crippen LogP contribution is 2.19. The minimum Gasteiger partial charge on any atom is -0.428 e. The summed E-state index contributed by atoms with van der Waals surface area (Å²) >= 11 is 5.07. The van der Waals surface area contributed by atoms with Crippen molar-refractivity contribution in [3.8, 4) is 0 Å². The van der Waals surface area contributed by atoms with Gasteiger partial charge in [0.1, 0.15) is 0 Å². The van der Waals surface area contributed by atoms with Crippen molar-refractivity contribution in [1.82, 2.24) is 0 Å². The van der Waals surface area contributed by atoms with Crippen molar-refractivity contribution in [1.29, 1.82) is 0 Å². The predicted molar refractivity (Wildman–Crippen MR) is 51.6 cm³/mol. The molecule has 1 radical (unpaired) electrons. The number of nitrogens with two attached hydrogens (primary N) is 1. The minimum absolute atomic E-state index is 0.256. The van der Waals surface area contributed by atoms with Gasteiger partial charge in [-0.2, -0.15) is 0 Å². The summed E-state index contributed by atoms with van der Waals surface area (Å²) in [5.74, 6) is 0. The smallest absolute Gasteiger partial charge is 0.299 e. The van der Waals surface area contributed by atoms with Gasteiger partial charge in [-0.25, -0.2) is 0 Å². The third-order valence-corrected chi connectivity index (χ3v) is 2.84. The molecule has 1 aromatic rings. The number of rotatable bonds is 4. The molecule has 0 bridgehead atoms. The fourth-order valence-electron chi connectivity index (χ4n) is 0.670. The molecule has 0 fully saturated rings. The molecule has 0 aromatic carbocycles. The van der Waals surface area contributed by atoms with Crippen molar-refractivity contribution in [2.24, 2.45) is 5.73 Å². The number of halogens is 1. The van der Waals surface area contributed by atoms with Gasteiger partial charge in [-0.1, -0.05) is 0 Å². The quantitative estimate of drug-likeness (QED) is 0.486. The van der Waals surface area contributed by atoms with E-state index in [0.29, 0.717) is 0 Å². The highest BCUT2D eigenvalue weighted by atomic mass is 79.9. The van der Waals surface area contributed by atoms with Gasteiger partial charge in [0, 0.05) is 14.7 Å². The molecule has 0 unspecified atom stereocenters. The fourth-order valence-corrected chi connectivity index (χ4v) is 2.07. The van der Waals surface area contributed by atoms with Crippen LogP contribution in [0, 0.1) is 0 Å². The van der Waals surface area contributed by atoms with Crippen molar-refractivity contribution >= 4 is 34.7 Å². The summed E-state index contributed by atoms with van der Waals surface area (Å²) in [6.45, 7) is 0.256. The van der Waals surface area contributed by atoms with Crippen LogP contribution in [0.15, 0.2) is 15.9 Å². The minimum atomic E-state index is 0.256. The molecule has 0 amide bonds. The fraction of sp³-hybridized carbons (Fsp3) is 0.333. The Morgan fingerprint density at radius 3 is 3.09 bits per heavy atom. The first-order valence-electron chi connectivity index (χ1n) is 3.19. The third kappa shape index (κ3) is 3.38. The van der Waals surface area contributed by atoms with Crippen molar-refractivity contribution in [2.45, 2.75) is 6.32 Å². The maximum absolute atomic E-state index is 5.14. The van der Waals surface area contributed by atoms with Crippen LogP contribution in [0.1, 0.15) is 4.88 Å². The van der Waals surface area contributed by atoms with Gasteiger partial charge in [0.2, 0.25) is 0 Å². The van der Waals surface area contributed by atoms with E-state index in [4.69, 9.17) is 10.4 Å². The Labute approximate surface area is 79.1 Å². The second kappa shape index (κ2) is 4.93. The van der Waals surface area contributed by atoms with Crippen LogP contribution in [0.2, 0.25) is 0 Å². The Bertz CT molecular complexity index is 218. The molecule has 1 heterocycles. The first kappa shape index (κ1) is 9.25. The summed E-state index contributed by atoms with van der Waals surface area (Å²) in [4.78, 5) is 1.27. The van der Waals surface area contributed by atoms with E-state index in [-0.39, 0.29) is 6.73 Å². The van der Waals surface area contributed by atoms with Gasteiger partial charge in [-0.3, -0.25) is 0 Å². The van der Waals surface area contributed by atoms with Crippen LogP contribution in [0.4, 0.5) is 0 Å². The average molecular weight is 233 g/mol. The van der Waals surface area contributed by atoms with Gasteiger partial charge in [-0.05, 0) is 28.3 Å². The van der Waals surface area contributed by atoms with Crippen LogP contribution in [0.3, 0.4) is 0 Å². The largest absolute Gasteiger partial charge is 0.428 e. The summed E-state index contributed by atoms with van der Waals surface area (Å²) in [6, 6.07) is 2.07.